The number of nitrogens with zero attached hydrogens (tertiary/aromatic N) is 3. The summed E-state index contributed by atoms with van der Waals surface area (Å²) in [6, 6.07) is 14.9. The molecule has 6 nitrogen and oxygen atoms in total. The molecule has 0 unspecified atom stereocenters. The number of hydrogen-bond acceptors (Lipinski definition) is 4. The van der Waals surface area contributed by atoms with Crippen LogP contribution in [-0.2, 0) is 0 Å². The fourth-order valence-electron chi connectivity index (χ4n) is 3.35. The summed E-state index contributed by atoms with van der Waals surface area (Å²) >= 11 is 0. The highest BCUT2D eigenvalue weighted by atomic mass is 35.5. The maximum atomic E-state index is 13.0. The summed E-state index contributed by atoms with van der Waals surface area (Å²) in [7, 11) is 2.00. The normalized spacial score (nSPS) is 11.1. The third-order valence-corrected chi connectivity index (χ3v) is 5.10. The van der Waals surface area contributed by atoms with E-state index in [-0.39, 0.29) is 23.9 Å². The van der Waals surface area contributed by atoms with E-state index in [1.165, 1.54) is 4.40 Å². The van der Waals surface area contributed by atoms with Gasteiger partial charge < -0.3 is 10.2 Å². The Kier molecular flexibility index (Phi) is 6.15. The lowest BCUT2D eigenvalue weighted by Gasteiger charge is -2.14. The summed E-state index contributed by atoms with van der Waals surface area (Å²) in [4.78, 5) is 32.6. The van der Waals surface area contributed by atoms with Crippen LogP contribution >= 0.6 is 12.4 Å². The molecule has 0 radical (unpaired) electrons. The molecule has 0 bridgehead atoms. The van der Waals surface area contributed by atoms with Crippen molar-refractivity contribution in [2.24, 2.45) is 0 Å². The van der Waals surface area contributed by atoms with Crippen LogP contribution in [0.3, 0.4) is 0 Å². The Balaban J connectivity index is 0.00000240. The van der Waals surface area contributed by atoms with Crippen LogP contribution in [0, 0.1) is 0 Å². The second-order valence-electron chi connectivity index (χ2n) is 6.87. The molecule has 150 valence electrons. The SMILES string of the molecule is CCN(C)CCNC(=O)c1cccn2c(=O)c3ccc4ccccc4c3nc12.Cl. The van der Waals surface area contributed by atoms with Crippen molar-refractivity contribution in [3.05, 3.63) is 70.6 Å². The number of halogens is 1. The quantitative estimate of drug-likeness (QED) is 0.405. The van der Waals surface area contributed by atoms with Gasteiger partial charge in [0, 0.05) is 24.7 Å². The predicted octanol–water partition coefficient (Wildman–Crippen LogP) is 3.10. The van der Waals surface area contributed by atoms with Crippen LogP contribution in [-0.4, -0.2) is 46.9 Å². The summed E-state index contributed by atoms with van der Waals surface area (Å²) < 4.78 is 1.45. The molecule has 0 fully saturated rings. The van der Waals surface area contributed by atoms with E-state index < -0.39 is 0 Å². The van der Waals surface area contributed by atoms with E-state index >= 15 is 0 Å². The minimum absolute atomic E-state index is 0. The highest BCUT2D eigenvalue weighted by Crippen LogP contribution is 2.22. The monoisotopic (exact) mass is 410 g/mol. The number of carbonyl (C=O) groups excluding carboxylic acids is 1. The Hall–Kier alpha value is -2.96. The first-order chi connectivity index (χ1) is 13.6. The molecule has 0 aliphatic rings. The molecule has 0 saturated heterocycles. The minimum Gasteiger partial charge on any atom is -0.351 e. The van der Waals surface area contributed by atoms with Gasteiger partial charge in [0.25, 0.3) is 11.5 Å². The van der Waals surface area contributed by atoms with Crippen molar-refractivity contribution < 1.29 is 4.79 Å². The lowest BCUT2D eigenvalue weighted by atomic mass is 10.1. The van der Waals surface area contributed by atoms with Crippen LogP contribution in [0.4, 0.5) is 0 Å². The second kappa shape index (κ2) is 8.59. The predicted molar refractivity (Wildman–Crippen MR) is 119 cm³/mol. The lowest BCUT2D eigenvalue weighted by Crippen LogP contribution is -2.33. The van der Waals surface area contributed by atoms with Crippen LogP contribution in [0.5, 0.6) is 0 Å². The van der Waals surface area contributed by atoms with E-state index in [0.29, 0.717) is 28.7 Å². The largest absolute Gasteiger partial charge is 0.351 e. The maximum absolute atomic E-state index is 13.0. The van der Waals surface area contributed by atoms with Gasteiger partial charge in [0.2, 0.25) is 0 Å². The number of benzene rings is 2. The van der Waals surface area contributed by atoms with E-state index in [9.17, 15) is 9.59 Å². The first kappa shape index (κ1) is 20.8. The van der Waals surface area contributed by atoms with Crippen molar-refractivity contribution in [2.45, 2.75) is 6.92 Å². The van der Waals surface area contributed by atoms with Crippen molar-refractivity contribution in [1.82, 2.24) is 19.6 Å². The molecule has 0 atom stereocenters. The Morgan fingerprint density at radius 3 is 2.69 bits per heavy atom. The van der Waals surface area contributed by atoms with Gasteiger partial charge in [-0.25, -0.2) is 4.98 Å². The number of pyridine rings is 1. The molecule has 1 amide bonds. The van der Waals surface area contributed by atoms with E-state index in [4.69, 9.17) is 4.98 Å². The van der Waals surface area contributed by atoms with Crippen molar-refractivity contribution in [3.8, 4) is 0 Å². The van der Waals surface area contributed by atoms with Gasteiger partial charge in [-0.1, -0.05) is 37.3 Å². The molecule has 0 spiro atoms. The summed E-state index contributed by atoms with van der Waals surface area (Å²) in [5.74, 6) is -0.228. The smallest absolute Gasteiger partial charge is 0.265 e. The summed E-state index contributed by atoms with van der Waals surface area (Å²) in [6.07, 6.45) is 1.65. The highest BCUT2D eigenvalue weighted by molar-refractivity contribution is 6.07. The second-order valence-corrected chi connectivity index (χ2v) is 6.87. The van der Waals surface area contributed by atoms with Crippen LogP contribution in [0.1, 0.15) is 17.3 Å². The van der Waals surface area contributed by atoms with Gasteiger partial charge in [0.15, 0.2) is 5.65 Å². The average molecular weight is 411 g/mol. The van der Waals surface area contributed by atoms with Crippen molar-refractivity contribution >= 4 is 45.6 Å². The lowest BCUT2D eigenvalue weighted by molar-refractivity contribution is 0.0951. The van der Waals surface area contributed by atoms with E-state index in [2.05, 4.69) is 17.1 Å². The van der Waals surface area contributed by atoms with Crippen molar-refractivity contribution in [3.63, 3.8) is 0 Å². The number of aromatic nitrogens is 2. The maximum Gasteiger partial charge on any atom is 0.265 e. The van der Waals surface area contributed by atoms with Crippen molar-refractivity contribution in [2.75, 3.05) is 26.7 Å². The molecule has 1 N–H and O–H groups in total. The third-order valence-electron chi connectivity index (χ3n) is 5.10. The van der Waals surface area contributed by atoms with E-state index in [0.717, 1.165) is 23.9 Å². The Labute approximate surface area is 174 Å². The van der Waals surface area contributed by atoms with Crippen LogP contribution in [0.25, 0.3) is 27.3 Å². The molecular formula is C22H23ClN4O2. The Bertz CT molecular complexity index is 1250. The van der Waals surface area contributed by atoms with Crippen LogP contribution in [0.2, 0.25) is 0 Å². The molecule has 4 rings (SSSR count). The van der Waals surface area contributed by atoms with Gasteiger partial charge >= 0.3 is 0 Å². The molecule has 4 aromatic rings. The van der Waals surface area contributed by atoms with Crippen LogP contribution < -0.4 is 10.9 Å². The van der Waals surface area contributed by atoms with Gasteiger partial charge in [-0.05, 0) is 37.2 Å². The number of nitrogens with one attached hydrogen (secondary N) is 1. The van der Waals surface area contributed by atoms with Gasteiger partial charge in [-0.15, -0.1) is 12.4 Å². The number of carbonyl (C=O) groups is 1. The van der Waals surface area contributed by atoms with Crippen LogP contribution in [0.15, 0.2) is 59.5 Å². The zero-order valence-corrected chi connectivity index (χ0v) is 17.2. The number of hydrogen-bond donors (Lipinski definition) is 1. The molecule has 0 aliphatic carbocycles. The zero-order valence-electron chi connectivity index (χ0n) is 16.4. The van der Waals surface area contributed by atoms with Gasteiger partial charge in [0.1, 0.15) is 0 Å². The molecule has 0 aliphatic heterocycles. The first-order valence-electron chi connectivity index (χ1n) is 9.39. The molecule has 29 heavy (non-hydrogen) atoms. The van der Waals surface area contributed by atoms with Gasteiger partial charge in [0.05, 0.1) is 16.5 Å². The molecule has 2 aromatic heterocycles. The number of rotatable bonds is 5. The number of fused-ring (bicyclic) bond motifs is 4. The topological polar surface area (TPSA) is 66.7 Å². The van der Waals surface area contributed by atoms with Gasteiger partial charge in [-0.2, -0.15) is 0 Å². The zero-order chi connectivity index (χ0) is 19.7. The standard InChI is InChI=1S/C22H22N4O2.ClH/c1-3-25(2)14-12-23-21(27)18-9-6-13-26-20(18)24-19-16-8-5-4-7-15(16)10-11-17(19)22(26)28;/h4-11,13H,3,12,14H2,1-2H3,(H,23,27);1H. The highest BCUT2D eigenvalue weighted by Gasteiger charge is 2.15. The summed E-state index contributed by atoms with van der Waals surface area (Å²) in [5, 5.41) is 5.38. The third kappa shape index (κ3) is 3.81. The van der Waals surface area contributed by atoms with Gasteiger partial charge in [-0.3, -0.25) is 14.0 Å². The average Bonchev–Trinajstić information content (AvgIpc) is 2.73. The molecule has 0 saturated carbocycles. The molecule has 2 heterocycles. The minimum atomic E-state index is -0.228. The fourth-order valence-corrected chi connectivity index (χ4v) is 3.35. The fraction of sp³-hybridized carbons (Fsp3) is 0.227. The Morgan fingerprint density at radius 1 is 1.10 bits per heavy atom. The Morgan fingerprint density at radius 2 is 1.90 bits per heavy atom. The van der Waals surface area contributed by atoms with Crippen molar-refractivity contribution in [1.29, 1.82) is 0 Å². The first-order valence-corrected chi connectivity index (χ1v) is 9.39. The number of amides is 1. The molecule has 7 heteroatoms. The molecule has 2 aromatic carbocycles. The molecular weight excluding hydrogens is 388 g/mol. The van der Waals surface area contributed by atoms with E-state index in [1.54, 1.807) is 24.4 Å². The number of likely N-dealkylation sites (N-methyl/N-ethyl adjacent to an activating group) is 1. The van der Waals surface area contributed by atoms with E-state index in [1.807, 2.05) is 37.4 Å². The summed E-state index contributed by atoms with van der Waals surface area (Å²) in [5.41, 5.74) is 1.21. The summed E-state index contributed by atoms with van der Waals surface area (Å²) in [6.45, 7) is 4.28.